The Hall–Kier alpha value is -2.09. The number of piperidine rings is 1. The van der Waals surface area contributed by atoms with Crippen LogP contribution in [0.2, 0.25) is 0 Å². The van der Waals surface area contributed by atoms with Gasteiger partial charge in [-0.3, -0.25) is 9.59 Å². The van der Waals surface area contributed by atoms with Crippen LogP contribution in [0.25, 0.3) is 0 Å². The van der Waals surface area contributed by atoms with Gasteiger partial charge in [-0.2, -0.15) is 13.2 Å². The van der Waals surface area contributed by atoms with Crippen LogP contribution in [0, 0.1) is 5.92 Å². The fourth-order valence-corrected chi connectivity index (χ4v) is 3.17. The van der Waals surface area contributed by atoms with Crippen molar-refractivity contribution in [1.29, 1.82) is 0 Å². The number of nitrogens with zero attached hydrogens (tertiary/aromatic N) is 1. The van der Waals surface area contributed by atoms with Crippen LogP contribution in [-0.4, -0.2) is 43.5 Å². The van der Waals surface area contributed by atoms with Crippen molar-refractivity contribution in [3.8, 4) is 0 Å². The molecule has 27 heavy (non-hydrogen) atoms. The van der Waals surface area contributed by atoms with E-state index >= 15 is 0 Å². The van der Waals surface area contributed by atoms with E-state index in [1.807, 2.05) is 0 Å². The normalized spacial score (nSPS) is 15.6. The average Bonchev–Trinajstić information content (AvgIpc) is 2.65. The lowest BCUT2D eigenvalue weighted by atomic mass is 9.92. The van der Waals surface area contributed by atoms with Crippen LogP contribution in [0.1, 0.15) is 36.8 Å². The molecule has 150 valence electrons. The Morgan fingerprint density at radius 1 is 1.26 bits per heavy atom. The Balaban J connectivity index is 1.69. The summed E-state index contributed by atoms with van der Waals surface area (Å²) in [5.74, 6) is 0.177. The second-order valence-electron chi connectivity index (χ2n) is 6.77. The van der Waals surface area contributed by atoms with Crippen LogP contribution < -0.4 is 5.32 Å². The first-order valence-electron chi connectivity index (χ1n) is 8.99. The van der Waals surface area contributed by atoms with Gasteiger partial charge in [-0.1, -0.05) is 12.1 Å². The second kappa shape index (κ2) is 9.73. The maximum absolute atomic E-state index is 12.7. The minimum atomic E-state index is -4.39. The predicted molar refractivity (Wildman–Crippen MR) is 93.7 cm³/mol. The molecule has 0 atom stereocenters. The summed E-state index contributed by atoms with van der Waals surface area (Å²) in [6.45, 7) is 1.49. The number of rotatable bonds is 7. The minimum Gasteiger partial charge on any atom is -0.375 e. The molecule has 0 spiro atoms. The minimum absolute atomic E-state index is 0.0187. The van der Waals surface area contributed by atoms with E-state index in [0.717, 1.165) is 25.0 Å². The van der Waals surface area contributed by atoms with Crippen LogP contribution in [0.4, 0.5) is 13.2 Å². The molecule has 0 radical (unpaired) electrons. The zero-order valence-electron chi connectivity index (χ0n) is 15.3. The molecule has 8 heteroatoms. The number of nitrogens with one attached hydrogen (secondary N) is 1. The van der Waals surface area contributed by atoms with Crippen LogP contribution in [0.5, 0.6) is 0 Å². The summed E-state index contributed by atoms with van der Waals surface area (Å²) in [5, 5.41) is 2.67. The quantitative estimate of drug-likeness (QED) is 0.784. The molecule has 1 N–H and O–H groups in total. The van der Waals surface area contributed by atoms with Crippen molar-refractivity contribution in [3.63, 3.8) is 0 Å². The third kappa shape index (κ3) is 6.86. The molecule has 1 heterocycles. The molecule has 1 aromatic carbocycles. The Morgan fingerprint density at radius 3 is 2.59 bits per heavy atom. The summed E-state index contributed by atoms with van der Waals surface area (Å²) in [7, 11) is 1.49. The first kappa shape index (κ1) is 21.2. The van der Waals surface area contributed by atoms with Crippen molar-refractivity contribution in [3.05, 3.63) is 35.4 Å². The maximum atomic E-state index is 12.7. The monoisotopic (exact) mass is 386 g/mol. The van der Waals surface area contributed by atoms with Crippen molar-refractivity contribution in [2.24, 2.45) is 5.92 Å². The molecular formula is C19H25F3N2O3. The molecule has 1 saturated heterocycles. The Labute approximate surface area is 156 Å². The lowest BCUT2D eigenvalue weighted by molar-refractivity contribution is -0.138. The molecule has 0 bridgehead atoms. The van der Waals surface area contributed by atoms with Crippen LogP contribution in [0.15, 0.2) is 24.3 Å². The highest BCUT2D eigenvalue weighted by Gasteiger charge is 2.30. The van der Waals surface area contributed by atoms with E-state index < -0.39 is 11.7 Å². The summed E-state index contributed by atoms with van der Waals surface area (Å²) < 4.78 is 42.9. The molecule has 0 aliphatic carbocycles. The standard InChI is InChI=1S/C19H25F3N2O3/c1-27-13-18(26)24-9-7-14(8-10-24)5-6-17(25)23-12-15-3-2-4-16(11-15)19(20,21)22/h2-4,11,14H,5-10,12-13H2,1H3,(H,23,25). The van der Waals surface area contributed by atoms with Crippen molar-refractivity contribution in [2.75, 3.05) is 26.8 Å². The van der Waals surface area contributed by atoms with Gasteiger partial charge >= 0.3 is 6.18 Å². The van der Waals surface area contributed by atoms with Gasteiger partial charge in [-0.15, -0.1) is 0 Å². The fraction of sp³-hybridized carbons (Fsp3) is 0.579. The highest BCUT2D eigenvalue weighted by atomic mass is 19.4. The highest BCUT2D eigenvalue weighted by molar-refractivity contribution is 5.77. The SMILES string of the molecule is COCC(=O)N1CCC(CCC(=O)NCc2cccc(C(F)(F)F)c2)CC1. The molecule has 1 fully saturated rings. The van der Waals surface area contributed by atoms with E-state index in [-0.39, 0.29) is 25.0 Å². The zero-order chi connectivity index (χ0) is 19.9. The number of halogens is 3. The van der Waals surface area contributed by atoms with Crippen molar-refractivity contribution in [1.82, 2.24) is 10.2 Å². The van der Waals surface area contributed by atoms with Gasteiger partial charge in [0.2, 0.25) is 11.8 Å². The van der Waals surface area contributed by atoms with Crippen molar-refractivity contribution < 1.29 is 27.5 Å². The molecule has 1 aromatic rings. The molecule has 1 aliphatic rings. The number of ether oxygens (including phenoxy) is 1. The Bertz CT molecular complexity index is 641. The van der Waals surface area contributed by atoms with Crippen LogP contribution in [-0.2, 0) is 27.0 Å². The predicted octanol–water partition coefficient (Wildman–Crippen LogP) is 2.99. The maximum Gasteiger partial charge on any atom is 0.416 e. The molecule has 5 nitrogen and oxygen atoms in total. The van der Waals surface area contributed by atoms with Gasteiger partial charge in [0.25, 0.3) is 0 Å². The highest BCUT2D eigenvalue weighted by Crippen LogP contribution is 2.29. The first-order valence-corrected chi connectivity index (χ1v) is 8.99. The van der Waals surface area contributed by atoms with Gasteiger partial charge < -0.3 is 15.0 Å². The molecule has 0 aromatic heterocycles. The number of hydrogen-bond acceptors (Lipinski definition) is 3. The summed E-state index contributed by atoms with van der Waals surface area (Å²) >= 11 is 0. The average molecular weight is 386 g/mol. The van der Waals surface area contributed by atoms with Gasteiger partial charge in [0.15, 0.2) is 0 Å². The molecule has 0 unspecified atom stereocenters. The molecule has 2 amide bonds. The summed E-state index contributed by atoms with van der Waals surface area (Å²) in [6.07, 6.45) is -1.66. The zero-order valence-corrected chi connectivity index (χ0v) is 15.3. The Morgan fingerprint density at radius 2 is 1.96 bits per heavy atom. The molecule has 0 saturated carbocycles. The van der Waals surface area contributed by atoms with Gasteiger partial charge in [-0.05, 0) is 42.9 Å². The lowest BCUT2D eigenvalue weighted by Crippen LogP contribution is -2.40. The van der Waals surface area contributed by atoms with E-state index in [2.05, 4.69) is 5.32 Å². The number of alkyl halides is 3. The molecule has 2 rings (SSSR count). The number of benzene rings is 1. The number of methoxy groups -OCH3 is 1. The number of amides is 2. The van der Waals surface area contributed by atoms with Gasteiger partial charge in [-0.25, -0.2) is 0 Å². The van der Waals surface area contributed by atoms with Crippen molar-refractivity contribution in [2.45, 2.75) is 38.4 Å². The van der Waals surface area contributed by atoms with E-state index in [4.69, 9.17) is 4.74 Å². The number of carbonyl (C=O) groups excluding carboxylic acids is 2. The van der Waals surface area contributed by atoms with Crippen LogP contribution in [0.3, 0.4) is 0 Å². The third-order valence-corrected chi connectivity index (χ3v) is 4.76. The van der Waals surface area contributed by atoms with Gasteiger partial charge in [0.1, 0.15) is 6.61 Å². The number of likely N-dealkylation sites (tertiary alicyclic amines) is 1. The fourth-order valence-electron chi connectivity index (χ4n) is 3.17. The molecule has 1 aliphatic heterocycles. The third-order valence-electron chi connectivity index (χ3n) is 4.76. The molecular weight excluding hydrogens is 361 g/mol. The largest absolute Gasteiger partial charge is 0.416 e. The smallest absolute Gasteiger partial charge is 0.375 e. The topological polar surface area (TPSA) is 58.6 Å². The number of hydrogen-bond donors (Lipinski definition) is 1. The first-order chi connectivity index (χ1) is 12.8. The van der Waals surface area contributed by atoms with E-state index in [1.54, 1.807) is 11.0 Å². The van der Waals surface area contributed by atoms with Crippen molar-refractivity contribution >= 4 is 11.8 Å². The lowest BCUT2D eigenvalue weighted by Gasteiger charge is -2.31. The Kier molecular flexibility index (Phi) is 7.65. The summed E-state index contributed by atoms with van der Waals surface area (Å²) in [4.78, 5) is 25.5. The van der Waals surface area contributed by atoms with E-state index in [0.29, 0.717) is 37.4 Å². The van der Waals surface area contributed by atoms with Gasteiger partial charge in [0, 0.05) is 33.2 Å². The van der Waals surface area contributed by atoms with Crippen LogP contribution >= 0.6 is 0 Å². The summed E-state index contributed by atoms with van der Waals surface area (Å²) in [6, 6.07) is 4.95. The summed E-state index contributed by atoms with van der Waals surface area (Å²) in [5.41, 5.74) is -0.299. The van der Waals surface area contributed by atoms with E-state index in [1.165, 1.54) is 13.2 Å². The number of carbonyl (C=O) groups is 2. The second-order valence-corrected chi connectivity index (χ2v) is 6.77. The van der Waals surface area contributed by atoms with E-state index in [9.17, 15) is 22.8 Å². The van der Waals surface area contributed by atoms with Gasteiger partial charge in [0.05, 0.1) is 5.56 Å².